The van der Waals surface area contributed by atoms with E-state index in [0.717, 1.165) is 17.2 Å². The number of fused-ring (bicyclic) bond motifs is 1. The number of nitrogens with zero attached hydrogens (tertiary/aromatic N) is 1. The molecule has 7 heteroatoms. The molecule has 1 aliphatic heterocycles. The summed E-state index contributed by atoms with van der Waals surface area (Å²) in [6.45, 7) is 4.23. The molecule has 0 radical (unpaired) electrons. The Morgan fingerprint density at radius 2 is 1.74 bits per heavy atom. The first kappa shape index (κ1) is 23.0. The molecule has 0 aliphatic carbocycles. The van der Waals surface area contributed by atoms with E-state index in [-0.39, 0.29) is 11.9 Å². The molecule has 4 rings (SSSR count). The Morgan fingerprint density at radius 1 is 1.03 bits per heavy atom. The molecule has 174 valence electrons. The van der Waals surface area contributed by atoms with Crippen LogP contribution < -0.4 is 10.6 Å². The van der Waals surface area contributed by atoms with Crippen molar-refractivity contribution in [3.63, 3.8) is 0 Å². The number of nitrogens with one attached hydrogen (secondary N) is 2. The van der Waals surface area contributed by atoms with Gasteiger partial charge in [-0.25, -0.2) is 9.59 Å². The molecule has 1 heterocycles. The van der Waals surface area contributed by atoms with Gasteiger partial charge in [0.25, 0.3) is 5.91 Å². The third-order valence-electron chi connectivity index (χ3n) is 5.96. The molecule has 1 unspecified atom stereocenters. The molecule has 34 heavy (non-hydrogen) atoms. The van der Waals surface area contributed by atoms with Crippen LogP contribution in [0.5, 0.6) is 0 Å². The number of carbonyl (C=O) groups is 3. The quantitative estimate of drug-likeness (QED) is 0.509. The van der Waals surface area contributed by atoms with Gasteiger partial charge in [-0.1, -0.05) is 49.4 Å². The minimum Gasteiger partial charge on any atom is -0.466 e. The minimum absolute atomic E-state index is 0.217. The number of hydrogen-bond acceptors (Lipinski definition) is 4. The van der Waals surface area contributed by atoms with E-state index in [1.807, 2.05) is 43.3 Å². The first-order valence-electron chi connectivity index (χ1n) is 11.2. The van der Waals surface area contributed by atoms with Gasteiger partial charge in [-0.2, -0.15) is 0 Å². The molecule has 0 saturated heterocycles. The first-order valence-corrected chi connectivity index (χ1v) is 11.2. The number of benzene rings is 3. The monoisotopic (exact) mass is 457 g/mol. The van der Waals surface area contributed by atoms with Crippen LogP contribution in [0.15, 0.2) is 78.0 Å². The summed E-state index contributed by atoms with van der Waals surface area (Å²) in [5, 5.41) is 7.87. The number of rotatable bonds is 6. The number of hydrogen-bond donors (Lipinski definition) is 2. The summed E-state index contributed by atoms with van der Waals surface area (Å²) in [5.41, 5.74) is 2.86. The summed E-state index contributed by atoms with van der Waals surface area (Å²) in [6, 6.07) is 19.6. The predicted octanol–water partition coefficient (Wildman–Crippen LogP) is 5.02. The zero-order valence-corrected chi connectivity index (χ0v) is 19.4. The van der Waals surface area contributed by atoms with E-state index in [4.69, 9.17) is 4.74 Å². The average Bonchev–Trinajstić information content (AvgIpc) is 2.86. The van der Waals surface area contributed by atoms with Gasteiger partial charge >= 0.3 is 12.0 Å². The zero-order valence-electron chi connectivity index (χ0n) is 19.4. The van der Waals surface area contributed by atoms with Gasteiger partial charge in [-0.3, -0.25) is 9.69 Å². The zero-order chi connectivity index (χ0) is 24.2. The number of carbonyl (C=O) groups excluding carboxylic acids is 3. The molecule has 3 aromatic rings. The molecule has 0 saturated carbocycles. The summed E-state index contributed by atoms with van der Waals surface area (Å²) >= 11 is 0. The van der Waals surface area contributed by atoms with Crippen LogP contribution in [-0.4, -0.2) is 36.5 Å². The maximum Gasteiger partial charge on any atom is 0.337 e. The maximum absolute atomic E-state index is 12.8. The maximum atomic E-state index is 12.8. The summed E-state index contributed by atoms with van der Waals surface area (Å²) < 4.78 is 5.00. The lowest BCUT2D eigenvalue weighted by Gasteiger charge is -2.35. The van der Waals surface area contributed by atoms with Gasteiger partial charge in [0.15, 0.2) is 0 Å². The van der Waals surface area contributed by atoms with Crippen LogP contribution in [0.3, 0.4) is 0 Å². The lowest BCUT2D eigenvalue weighted by Crippen LogP contribution is -2.48. The van der Waals surface area contributed by atoms with E-state index >= 15 is 0 Å². The highest BCUT2D eigenvalue weighted by Crippen LogP contribution is 2.32. The number of allylic oxidation sites excluding steroid dienone is 1. The van der Waals surface area contributed by atoms with Crippen molar-refractivity contribution in [2.24, 2.45) is 0 Å². The van der Waals surface area contributed by atoms with Gasteiger partial charge in [-0.05, 0) is 53.9 Å². The summed E-state index contributed by atoms with van der Waals surface area (Å²) in [4.78, 5) is 39.6. The molecule has 3 aromatic carbocycles. The lowest BCUT2D eigenvalue weighted by atomic mass is 9.94. The minimum atomic E-state index is -0.640. The molecule has 2 N–H and O–H groups in total. The van der Waals surface area contributed by atoms with Crippen LogP contribution in [0.25, 0.3) is 10.8 Å². The highest BCUT2D eigenvalue weighted by Gasteiger charge is 2.35. The topological polar surface area (TPSA) is 87.7 Å². The smallest absolute Gasteiger partial charge is 0.337 e. The van der Waals surface area contributed by atoms with Crippen LogP contribution in [-0.2, 0) is 9.53 Å². The Hall–Kier alpha value is -4.13. The van der Waals surface area contributed by atoms with Gasteiger partial charge in [0.2, 0.25) is 0 Å². The Kier molecular flexibility index (Phi) is 6.63. The van der Waals surface area contributed by atoms with Crippen LogP contribution >= 0.6 is 0 Å². The second kappa shape index (κ2) is 9.79. The van der Waals surface area contributed by atoms with Gasteiger partial charge in [-0.15, -0.1) is 0 Å². The van der Waals surface area contributed by atoms with Crippen LogP contribution in [0.1, 0.15) is 42.2 Å². The molecule has 0 spiro atoms. The van der Waals surface area contributed by atoms with Crippen molar-refractivity contribution in [1.82, 2.24) is 10.2 Å². The summed E-state index contributed by atoms with van der Waals surface area (Å²) in [7, 11) is 1.33. The highest BCUT2D eigenvalue weighted by molar-refractivity contribution is 6.06. The van der Waals surface area contributed by atoms with Crippen LogP contribution in [0.2, 0.25) is 0 Å². The number of anilines is 1. The van der Waals surface area contributed by atoms with Crippen molar-refractivity contribution in [2.75, 3.05) is 19.0 Å². The van der Waals surface area contributed by atoms with E-state index in [9.17, 15) is 14.4 Å². The summed E-state index contributed by atoms with van der Waals surface area (Å²) in [6.07, 6.45) is 0.759. The van der Waals surface area contributed by atoms with Crippen molar-refractivity contribution in [1.29, 1.82) is 0 Å². The molecule has 0 aromatic heterocycles. The van der Waals surface area contributed by atoms with Crippen LogP contribution in [0, 0.1) is 0 Å². The largest absolute Gasteiger partial charge is 0.466 e. The number of esters is 1. The van der Waals surface area contributed by atoms with E-state index < -0.39 is 12.0 Å². The molecule has 1 aliphatic rings. The second-order valence-electron chi connectivity index (χ2n) is 8.16. The average molecular weight is 458 g/mol. The Labute approximate surface area is 198 Å². The van der Waals surface area contributed by atoms with Crippen LogP contribution in [0.4, 0.5) is 10.5 Å². The van der Waals surface area contributed by atoms with Gasteiger partial charge in [0.1, 0.15) is 0 Å². The Morgan fingerprint density at radius 3 is 2.41 bits per heavy atom. The lowest BCUT2D eigenvalue weighted by molar-refractivity contribution is -0.136. The molecule has 0 fully saturated rings. The number of methoxy groups -OCH3 is 1. The van der Waals surface area contributed by atoms with E-state index in [0.29, 0.717) is 34.6 Å². The van der Waals surface area contributed by atoms with Gasteiger partial charge < -0.3 is 15.4 Å². The van der Waals surface area contributed by atoms with Gasteiger partial charge in [0.05, 0.1) is 18.7 Å². The number of amides is 3. The Bertz CT molecular complexity index is 1280. The number of ether oxygens (including phenoxy) is 1. The van der Waals surface area contributed by atoms with Crippen molar-refractivity contribution in [3.05, 3.63) is 89.1 Å². The third-order valence-corrected chi connectivity index (χ3v) is 5.96. The normalized spacial score (nSPS) is 15.8. The molecule has 1 atom stereocenters. The van der Waals surface area contributed by atoms with Crippen molar-refractivity contribution >= 4 is 34.4 Å². The number of urea groups is 1. The van der Waals surface area contributed by atoms with E-state index in [2.05, 4.69) is 10.6 Å². The van der Waals surface area contributed by atoms with Crippen molar-refractivity contribution < 1.29 is 19.1 Å². The fraction of sp³-hybridized carbons (Fsp3) is 0.222. The second-order valence-corrected chi connectivity index (χ2v) is 8.16. The SMILES string of the molecule is CCCN1C(=O)NC(c2ccc(NC(=O)c3ccc4ccccc4c3)cc2)C(C(=O)OC)=C1C. The molecular weight excluding hydrogens is 430 g/mol. The fourth-order valence-corrected chi connectivity index (χ4v) is 4.19. The van der Waals surface area contributed by atoms with Gasteiger partial charge in [0, 0.05) is 23.5 Å². The van der Waals surface area contributed by atoms with Crippen molar-refractivity contribution in [2.45, 2.75) is 26.3 Å². The highest BCUT2D eigenvalue weighted by atomic mass is 16.5. The molecular formula is C27H27N3O4. The van der Waals surface area contributed by atoms with Crippen molar-refractivity contribution in [3.8, 4) is 0 Å². The molecule has 3 amide bonds. The standard InChI is InChI=1S/C27H27N3O4/c1-4-15-30-17(2)23(26(32)34-3)24(29-27(30)33)19-11-13-22(14-12-19)28-25(31)21-10-9-18-7-5-6-8-20(18)16-21/h5-14,16,24H,4,15H2,1-3H3,(H,28,31)(H,29,33). The molecule has 0 bridgehead atoms. The fourth-order valence-electron chi connectivity index (χ4n) is 4.19. The predicted molar refractivity (Wildman–Crippen MR) is 131 cm³/mol. The third kappa shape index (κ3) is 4.50. The molecule has 7 nitrogen and oxygen atoms in total. The van der Waals surface area contributed by atoms with E-state index in [1.54, 1.807) is 42.2 Å². The Balaban J connectivity index is 1.56. The first-order chi connectivity index (χ1) is 16.4. The summed E-state index contributed by atoms with van der Waals surface area (Å²) in [5.74, 6) is -0.706. The van der Waals surface area contributed by atoms with E-state index in [1.165, 1.54) is 7.11 Å².